The highest BCUT2D eigenvalue weighted by atomic mass is 14.8. The largest absolute Gasteiger partial charge is 0.387 e. The van der Waals surface area contributed by atoms with Gasteiger partial charge >= 0.3 is 0 Å². The highest BCUT2D eigenvalue weighted by molar-refractivity contribution is 5.37. The van der Waals surface area contributed by atoms with E-state index in [1.165, 1.54) is 16.7 Å². The van der Waals surface area contributed by atoms with E-state index in [0.717, 1.165) is 13.0 Å². The van der Waals surface area contributed by atoms with Crippen molar-refractivity contribution in [2.45, 2.75) is 41.0 Å². The second kappa shape index (κ2) is 5.90. The second-order valence-corrected chi connectivity index (χ2v) is 5.66. The zero-order chi connectivity index (χ0) is 12.9. The predicted octanol–water partition coefficient (Wildman–Crippen LogP) is 4.36. The molecule has 0 heterocycles. The first-order valence-electron chi connectivity index (χ1n) is 6.36. The lowest BCUT2D eigenvalue weighted by molar-refractivity contribution is 0.491. The molecule has 0 bridgehead atoms. The Labute approximate surface area is 106 Å². The van der Waals surface area contributed by atoms with Crippen LogP contribution in [0.2, 0.25) is 0 Å². The number of nitrogens with one attached hydrogen (secondary N) is 1. The summed E-state index contributed by atoms with van der Waals surface area (Å²) in [6, 6.07) is 0. The molecule has 0 saturated carbocycles. The van der Waals surface area contributed by atoms with Gasteiger partial charge in [0, 0.05) is 6.54 Å². The Bertz CT molecular complexity index is 373. The second-order valence-electron chi connectivity index (χ2n) is 5.66. The molecule has 0 unspecified atom stereocenters. The molecule has 0 aromatic heterocycles. The minimum Gasteiger partial charge on any atom is -0.387 e. The molecule has 1 aliphatic rings. The molecule has 0 aliphatic heterocycles. The lowest BCUT2D eigenvalue weighted by Gasteiger charge is -2.23. The predicted molar refractivity (Wildman–Crippen MR) is 76.8 cm³/mol. The Morgan fingerprint density at radius 1 is 1.35 bits per heavy atom. The molecule has 0 radical (unpaired) electrons. The first-order valence-corrected chi connectivity index (χ1v) is 6.36. The molecule has 0 aromatic rings. The van der Waals surface area contributed by atoms with Crippen molar-refractivity contribution in [1.29, 1.82) is 0 Å². The molecule has 1 N–H and O–H groups in total. The molecular weight excluding hydrogens is 206 g/mol. The molecule has 94 valence electrons. The van der Waals surface area contributed by atoms with Gasteiger partial charge in [-0.3, -0.25) is 0 Å². The monoisotopic (exact) mass is 231 g/mol. The average molecular weight is 231 g/mol. The normalized spacial score (nSPS) is 17.4. The van der Waals surface area contributed by atoms with Crippen LogP contribution in [-0.4, -0.2) is 6.54 Å². The number of hydrogen-bond acceptors (Lipinski definition) is 1. The molecular formula is C16H25N. The lowest BCUT2D eigenvalue weighted by atomic mass is 9.82. The minimum absolute atomic E-state index is 0.262. The van der Waals surface area contributed by atoms with Gasteiger partial charge in [-0.15, -0.1) is 0 Å². The molecule has 1 heteroatoms. The fourth-order valence-corrected chi connectivity index (χ4v) is 1.89. The molecule has 1 nitrogen and oxygen atoms in total. The summed E-state index contributed by atoms with van der Waals surface area (Å²) >= 11 is 0. The van der Waals surface area contributed by atoms with Crippen molar-refractivity contribution in [3.8, 4) is 0 Å². The zero-order valence-electron chi connectivity index (χ0n) is 11.8. The molecule has 1 aliphatic carbocycles. The van der Waals surface area contributed by atoms with Crippen LogP contribution < -0.4 is 5.32 Å². The number of hydrogen-bond donors (Lipinski definition) is 1. The summed E-state index contributed by atoms with van der Waals surface area (Å²) in [6.07, 6.45) is 11.8. The zero-order valence-corrected chi connectivity index (χ0v) is 11.8. The van der Waals surface area contributed by atoms with Gasteiger partial charge < -0.3 is 5.32 Å². The van der Waals surface area contributed by atoms with Gasteiger partial charge in [0.1, 0.15) is 0 Å². The summed E-state index contributed by atoms with van der Waals surface area (Å²) in [5, 5.41) is 3.30. The van der Waals surface area contributed by atoms with E-state index in [1.807, 2.05) is 19.2 Å². The van der Waals surface area contributed by atoms with Crippen molar-refractivity contribution in [1.82, 2.24) is 5.32 Å². The first kappa shape index (κ1) is 13.8. The quantitative estimate of drug-likeness (QED) is 0.761. The van der Waals surface area contributed by atoms with Gasteiger partial charge in [0.25, 0.3) is 0 Å². The SMILES string of the molecule is C/C=C\NCC1=C(C)CC(C(C)(C)C)=CC=C1. The Balaban J connectivity index is 2.78. The van der Waals surface area contributed by atoms with Gasteiger partial charge in [0.05, 0.1) is 0 Å². The molecule has 0 saturated heterocycles. The van der Waals surface area contributed by atoms with E-state index in [0.29, 0.717) is 0 Å². The summed E-state index contributed by atoms with van der Waals surface area (Å²) in [7, 11) is 0. The van der Waals surface area contributed by atoms with E-state index in [1.54, 1.807) is 0 Å². The van der Waals surface area contributed by atoms with Crippen LogP contribution >= 0.6 is 0 Å². The van der Waals surface area contributed by atoms with Gasteiger partial charge in [-0.2, -0.15) is 0 Å². The van der Waals surface area contributed by atoms with Crippen LogP contribution in [-0.2, 0) is 0 Å². The van der Waals surface area contributed by atoms with Crippen molar-refractivity contribution >= 4 is 0 Å². The summed E-state index contributed by atoms with van der Waals surface area (Å²) in [5.74, 6) is 0. The van der Waals surface area contributed by atoms with Crippen LogP contribution in [0, 0.1) is 5.41 Å². The number of rotatable bonds is 3. The third kappa shape index (κ3) is 4.26. The molecule has 0 amide bonds. The maximum atomic E-state index is 3.30. The van der Waals surface area contributed by atoms with Crippen LogP contribution in [0.1, 0.15) is 41.0 Å². The van der Waals surface area contributed by atoms with Crippen LogP contribution in [0.5, 0.6) is 0 Å². The smallest absolute Gasteiger partial charge is 0.0394 e. The van der Waals surface area contributed by atoms with E-state index in [-0.39, 0.29) is 5.41 Å². The topological polar surface area (TPSA) is 12.0 Å². The third-order valence-corrected chi connectivity index (χ3v) is 3.14. The van der Waals surface area contributed by atoms with Gasteiger partial charge in [-0.25, -0.2) is 0 Å². The summed E-state index contributed by atoms with van der Waals surface area (Å²) in [6.45, 7) is 12.0. The van der Waals surface area contributed by atoms with Crippen molar-refractivity contribution < 1.29 is 0 Å². The standard InChI is InChI=1S/C16H25N/c1-6-10-17-12-14-8-7-9-15(11-13(14)2)16(3,4)5/h6-10,17H,11-12H2,1-5H3/b10-6-. The summed E-state index contributed by atoms with van der Waals surface area (Å²) < 4.78 is 0. The fourth-order valence-electron chi connectivity index (χ4n) is 1.89. The third-order valence-electron chi connectivity index (χ3n) is 3.14. The summed E-state index contributed by atoms with van der Waals surface area (Å²) in [5.41, 5.74) is 4.64. The summed E-state index contributed by atoms with van der Waals surface area (Å²) in [4.78, 5) is 0. The Morgan fingerprint density at radius 3 is 2.65 bits per heavy atom. The Hall–Kier alpha value is -1.24. The molecule has 0 atom stereocenters. The molecule has 17 heavy (non-hydrogen) atoms. The van der Waals surface area contributed by atoms with E-state index < -0.39 is 0 Å². The average Bonchev–Trinajstić information content (AvgIpc) is 2.41. The van der Waals surface area contributed by atoms with Crippen LogP contribution in [0.25, 0.3) is 0 Å². The molecule has 0 aromatic carbocycles. The van der Waals surface area contributed by atoms with Crippen LogP contribution in [0.4, 0.5) is 0 Å². The van der Waals surface area contributed by atoms with Gasteiger partial charge in [0.2, 0.25) is 0 Å². The number of allylic oxidation sites excluding steroid dienone is 5. The highest BCUT2D eigenvalue weighted by Gasteiger charge is 2.18. The van der Waals surface area contributed by atoms with Gasteiger partial charge in [-0.05, 0) is 37.5 Å². The Kier molecular flexibility index (Phi) is 4.80. The molecule has 0 fully saturated rings. The maximum absolute atomic E-state index is 3.30. The van der Waals surface area contributed by atoms with Crippen molar-refractivity contribution in [2.24, 2.45) is 5.41 Å². The van der Waals surface area contributed by atoms with Gasteiger partial charge in [-0.1, -0.05) is 56.2 Å². The van der Waals surface area contributed by atoms with Crippen molar-refractivity contribution in [2.75, 3.05) is 6.54 Å². The minimum atomic E-state index is 0.262. The van der Waals surface area contributed by atoms with Crippen molar-refractivity contribution in [3.05, 3.63) is 47.2 Å². The van der Waals surface area contributed by atoms with E-state index >= 15 is 0 Å². The maximum Gasteiger partial charge on any atom is 0.0394 e. The van der Waals surface area contributed by atoms with E-state index in [4.69, 9.17) is 0 Å². The molecule has 0 spiro atoms. The van der Waals surface area contributed by atoms with Crippen LogP contribution in [0.3, 0.4) is 0 Å². The first-order chi connectivity index (χ1) is 7.95. The Morgan fingerprint density at radius 2 is 2.06 bits per heavy atom. The molecule has 1 rings (SSSR count). The highest BCUT2D eigenvalue weighted by Crippen LogP contribution is 2.32. The lowest BCUT2D eigenvalue weighted by Crippen LogP contribution is -2.12. The van der Waals surface area contributed by atoms with Gasteiger partial charge in [0.15, 0.2) is 0 Å². The van der Waals surface area contributed by atoms with E-state index in [2.05, 4.69) is 51.2 Å². The fraction of sp³-hybridized carbons (Fsp3) is 0.500. The van der Waals surface area contributed by atoms with Crippen molar-refractivity contribution in [3.63, 3.8) is 0 Å². The van der Waals surface area contributed by atoms with E-state index in [9.17, 15) is 0 Å². The van der Waals surface area contributed by atoms with Crippen LogP contribution in [0.15, 0.2) is 47.2 Å².